The van der Waals surface area contributed by atoms with E-state index in [-0.39, 0.29) is 0 Å². The molecule has 74 valence electrons. The third kappa shape index (κ3) is 1.57. The molecule has 0 aliphatic heterocycles. The summed E-state index contributed by atoms with van der Waals surface area (Å²) < 4.78 is 6.52. The summed E-state index contributed by atoms with van der Waals surface area (Å²) in [4.78, 5) is 0. The van der Waals surface area contributed by atoms with E-state index in [2.05, 4.69) is 28.9 Å². The lowest BCUT2D eigenvalue weighted by molar-refractivity contribution is 0.603. The van der Waals surface area contributed by atoms with Gasteiger partial charge >= 0.3 is 0 Å². The molecule has 0 bridgehead atoms. The topological polar surface area (TPSA) is 39.2 Å². The molecule has 0 aliphatic rings. The van der Waals surface area contributed by atoms with E-state index in [0.29, 0.717) is 12.5 Å². The zero-order valence-corrected chi connectivity index (χ0v) is 9.54. The van der Waals surface area contributed by atoms with Crippen molar-refractivity contribution in [1.29, 1.82) is 0 Å². The average Bonchev–Trinajstić information content (AvgIpc) is 2.59. The molecule has 3 heteroatoms. The highest BCUT2D eigenvalue weighted by molar-refractivity contribution is 9.10. The Morgan fingerprint density at radius 1 is 1.50 bits per heavy atom. The molecule has 2 aromatic rings. The van der Waals surface area contributed by atoms with E-state index in [1.54, 1.807) is 6.26 Å². The van der Waals surface area contributed by atoms with Crippen LogP contribution in [0.2, 0.25) is 0 Å². The number of halogens is 1. The average molecular weight is 254 g/mol. The molecule has 2 rings (SSSR count). The third-order valence-electron chi connectivity index (χ3n) is 2.45. The largest absolute Gasteiger partial charge is 0.464 e. The SMILES string of the molecule is CC(CN)c1coc2ccc(Br)cc12. The van der Waals surface area contributed by atoms with E-state index in [4.69, 9.17) is 10.2 Å². The van der Waals surface area contributed by atoms with Crippen molar-refractivity contribution < 1.29 is 4.42 Å². The Bertz CT molecular complexity index is 449. The molecule has 2 N–H and O–H groups in total. The van der Waals surface area contributed by atoms with Crippen LogP contribution in [0.15, 0.2) is 33.4 Å². The molecule has 0 amide bonds. The summed E-state index contributed by atoms with van der Waals surface area (Å²) in [5.74, 6) is 0.338. The summed E-state index contributed by atoms with van der Waals surface area (Å²) in [6, 6.07) is 6.01. The van der Waals surface area contributed by atoms with Crippen molar-refractivity contribution in [2.24, 2.45) is 5.73 Å². The van der Waals surface area contributed by atoms with Crippen LogP contribution in [0.25, 0.3) is 11.0 Å². The lowest BCUT2D eigenvalue weighted by atomic mass is 10.0. The first-order valence-corrected chi connectivity index (χ1v) is 5.38. The molecule has 1 heterocycles. The van der Waals surface area contributed by atoms with E-state index in [1.807, 2.05) is 12.1 Å². The Hall–Kier alpha value is -0.800. The smallest absolute Gasteiger partial charge is 0.134 e. The van der Waals surface area contributed by atoms with Crippen LogP contribution in [0.4, 0.5) is 0 Å². The van der Waals surface area contributed by atoms with Gasteiger partial charge in [-0.3, -0.25) is 0 Å². The summed E-state index contributed by atoms with van der Waals surface area (Å²) in [5, 5.41) is 1.15. The number of hydrogen-bond donors (Lipinski definition) is 1. The van der Waals surface area contributed by atoms with Crippen LogP contribution in [0.3, 0.4) is 0 Å². The van der Waals surface area contributed by atoms with Gasteiger partial charge in [0.2, 0.25) is 0 Å². The highest BCUT2D eigenvalue weighted by Crippen LogP contribution is 2.29. The fourth-order valence-corrected chi connectivity index (χ4v) is 1.89. The molecule has 2 nitrogen and oxygen atoms in total. The van der Waals surface area contributed by atoms with Crippen molar-refractivity contribution in [2.75, 3.05) is 6.54 Å². The van der Waals surface area contributed by atoms with E-state index >= 15 is 0 Å². The maximum Gasteiger partial charge on any atom is 0.134 e. The van der Waals surface area contributed by atoms with E-state index in [9.17, 15) is 0 Å². The molecule has 0 fully saturated rings. The van der Waals surface area contributed by atoms with Crippen molar-refractivity contribution in [3.8, 4) is 0 Å². The molecule has 14 heavy (non-hydrogen) atoms. The molecular formula is C11H12BrNO. The molecule has 1 aromatic heterocycles. The first-order chi connectivity index (χ1) is 6.72. The van der Waals surface area contributed by atoms with Crippen LogP contribution in [-0.4, -0.2) is 6.54 Å². The highest BCUT2D eigenvalue weighted by atomic mass is 79.9. The molecule has 1 aromatic carbocycles. The lowest BCUT2D eigenvalue weighted by Crippen LogP contribution is -2.08. The third-order valence-corrected chi connectivity index (χ3v) is 2.94. The van der Waals surface area contributed by atoms with Crippen molar-refractivity contribution >= 4 is 26.9 Å². The summed E-state index contributed by atoms with van der Waals surface area (Å²) in [6.07, 6.45) is 1.80. The van der Waals surface area contributed by atoms with Gasteiger partial charge < -0.3 is 10.2 Å². The molecule has 1 unspecified atom stereocenters. The fraction of sp³-hybridized carbons (Fsp3) is 0.273. The zero-order chi connectivity index (χ0) is 10.1. The quantitative estimate of drug-likeness (QED) is 0.893. The normalized spacial score (nSPS) is 13.4. The predicted octanol–water partition coefficient (Wildman–Crippen LogP) is 3.26. The van der Waals surface area contributed by atoms with Crippen molar-refractivity contribution in [2.45, 2.75) is 12.8 Å². The van der Waals surface area contributed by atoms with E-state index < -0.39 is 0 Å². The number of hydrogen-bond acceptors (Lipinski definition) is 2. The summed E-state index contributed by atoms with van der Waals surface area (Å²) in [7, 11) is 0. The second kappa shape index (κ2) is 3.75. The summed E-state index contributed by atoms with van der Waals surface area (Å²) in [6.45, 7) is 2.74. The second-order valence-corrected chi connectivity index (χ2v) is 4.38. The Morgan fingerprint density at radius 3 is 3.00 bits per heavy atom. The number of nitrogens with two attached hydrogens (primary N) is 1. The van der Waals surface area contributed by atoms with Crippen LogP contribution in [0, 0.1) is 0 Å². The highest BCUT2D eigenvalue weighted by Gasteiger charge is 2.11. The molecule has 0 saturated heterocycles. The van der Waals surface area contributed by atoms with Gasteiger partial charge in [-0.2, -0.15) is 0 Å². The lowest BCUT2D eigenvalue weighted by Gasteiger charge is -2.05. The monoisotopic (exact) mass is 253 g/mol. The van der Waals surface area contributed by atoms with Gasteiger partial charge in [0.25, 0.3) is 0 Å². The standard InChI is InChI=1S/C11H12BrNO/c1-7(5-13)10-6-14-11-3-2-8(12)4-9(10)11/h2-4,6-7H,5,13H2,1H3. The van der Waals surface area contributed by atoms with Crippen LogP contribution in [0.5, 0.6) is 0 Å². The first-order valence-electron chi connectivity index (χ1n) is 4.59. The zero-order valence-electron chi connectivity index (χ0n) is 7.96. The van der Waals surface area contributed by atoms with Gasteiger partial charge in [0, 0.05) is 15.4 Å². The van der Waals surface area contributed by atoms with Crippen LogP contribution >= 0.6 is 15.9 Å². The van der Waals surface area contributed by atoms with Crippen LogP contribution in [0.1, 0.15) is 18.4 Å². The molecule has 0 saturated carbocycles. The minimum atomic E-state index is 0.338. The number of fused-ring (bicyclic) bond motifs is 1. The minimum Gasteiger partial charge on any atom is -0.464 e. The molecule has 0 radical (unpaired) electrons. The summed E-state index contributed by atoms with van der Waals surface area (Å²) >= 11 is 3.45. The Labute approximate surface area is 91.2 Å². The van der Waals surface area contributed by atoms with Crippen molar-refractivity contribution in [3.05, 3.63) is 34.5 Å². The maximum atomic E-state index is 5.64. The minimum absolute atomic E-state index is 0.338. The van der Waals surface area contributed by atoms with Gasteiger partial charge in [-0.1, -0.05) is 22.9 Å². The maximum absolute atomic E-state index is 5.64. The summed E-state index contributed by atoms with van der Waals surface area (Å²) in [5.41, 5.74) is 7.74. The predicted molar refractivity (Wildman–Crippen MR) is 61.4 cm³/mol. The second-order valence-electron chi connectivity index (χ2n) is 3.47. The van der Waals surface area contributed by atoms with Crippen molar-refractivity contribution in [1.82, 2.24) is 0 Å². The number of benzene rings is 1. The Kier molecular flexibility index (Phi) is 2.61. The molecular weight excluding hydrogens is 242 g/mol. The van der Waals surface area contributed by atoms with E-state index in [0.717, 1.165) is 15.4 Å². The Balaban J connectivity index is 2.61. The van der Waals surface area contributed by atoms with Gasteiger partial charge in [-0.05, 0) is 30.7 Å². The van der Waals surface area contributed by atoms with Crippen molar-refractivity contribution in [3.63, 3.8) is 0 Å². The van der Waals surface area contributed by atoms with Gasteiger partial charge in [0.05, 0.1) is 6.26 Å². The molecule has 0 spiro atoms. The van der Waals surface area contributed by atoms with Gasteiger partial charge in [0.1, 0.15) is 5.58 Å². The van der Waals surface area contributed by atoms with Gasteiger partial charge in [-0.25, -0.2) is 0 Å². The molecule has 0 aliphatic carbocycles. The van der Waals surface area contributed by atoms with Gasteiger partial charge in [-0.15, -0.1) is 0 Å². The van der Waals surface area contributed by atoms with E-state index in [1.165, 1.54) is 5.56 Å². The number of rotatable bonds is 2. The van der Waals surface area contributed by atoms with Gasteiger partial charge in [0.15, 0.2) is 0 Å². The fourth-order valence-electron chi connectivity index (χ4n) is 1.53. The van der Waals surface area contributed by atoms with Crippen LogP contribution in [-0.2, 0) is 0 Å². The molecule has 1 atom stereocenters. The Morgan fingerprint density at radius 2 is 2.29 bits per heavy atom. The first kappa shape index (κ1) is 9.74. The van der Waals surface area contributed by atoms with Crippen LogP contribution < -0.4 is 5.73 Å². The number of furan rings is 1.